The van der Waals surface area contributed by atoms with Crippen LogP contribution in [-0.4, -0.2) is 50.0 Å². The standard InChI is InChI=1S/C10H18N2.C9H19N.C9H16S.C8H16N3.C2H5N.C2H6.K/c1-3-4-5-6-10(2)7-8-12-9-11;1-3-8(10)7-9(2)5-4-6-9;1-4-8(5-2)7-9(10)6-3;1-6(2)11-5-8(10-4)7(3)9;1-2-3;1-2;/h3-4,7-8H,5-6,9,11H2,1-2H3;8H,3-7,10H2,1-2H3;6-7,10H,4-5H2,1-3H3;6,9,11H,3,5H2,1-2,4H3;2H,1,3H2;1-2H3;/q;;;-1;;;+1/b4-3+,10-7+,12-8+;;9-6+;;;;/t;8-;;;;;/m.1...../s1. The number of aliphatic imine (C=N–C) groups is 2. The fraction of sp³-hybridized carbons (Fsp3) is 0.650. The maximum Gasteiger partial charge on any atom is 1.00 e. The van der Waals surface area contributed by atoms with Gasteiger partial charge < -0.3 is 32.9 Å². The summed E-state index contributed by atoms with van der Waals surface area (Å²) < 4.78 is 0. The van der Waals surface area contributed by atoms with E-state index in [9.17, 15) is 0 Å². The minimum absolute atomic E-state index is 0. The Hall–Kier alpha value is -0.754. The molecular formula is C40H80KN7S. The Kier molecular flexibility index (Phi) is 55.7. The van der Waals surface area contributed by atoms with Gasteiger partial charge in [0.25, 0.3) is 0 Å². The second-order valence-electron chi connectivity index (χ2n) is 11.8. The van der Waals surface area contributed by atoms with Gasteiger partial charge in [0.2, 0.25) is 0 Å². The predicted molar refractivity (Wildman–Crippen MR) is 227 cm³/mol. The number of nitrogens with zero attached hydrogens (tertiary/aromatic N) is 2. The van der Waals surface area contributed by atoms with Gasteiger partial charge in [-0.1, -0.05) is 115 Å². The minimum Gasteiger partial charge on any atom is -0.405 e. The average Bonchev–Trinajstić information content (AvgIpc) is 3.05. The van der Waals surface area contributed by atoms with E-state index < -0.39 is 0 Å². The summed E-state index contributed by atoms with van der Waals surface area (Å²) in [5, 5.41) is 10.4. The summed E-state index contributed by atoms with van der Waals surface area (Å²) in [5.74, 6) is 0. The van der Waals surface area contributed by atoms with Crippen LogP contribution in [0, 0.1) is 17.7 Å². The molecular weight excluding hydrogens is 650 g/mol. The molecule has 282 valence electrons. The van der Waals surface area contributed by atoms with Crippen LogP contribution in [0.4, 0.5) is 0 Å². The normalized spacial score (nSPS) is 13.9. The van der Waals surface area contributed by atoms with Crippen molar-refractivity contribution in [2.45, 2.75) is 146 Å². The molecule has 0 aliphatic heterocycles. The van der Waals surface area contributed by atoms with Crippen LogP contribution in [0.1, 0.15) is 134 Å². The quantitative estimate of drug-likeness (QED) is 0.0266. The molecule has 0 radical (unpaired) electrons. The van der Waals surface area contributed by atoms with E-state index in [4.69, 9.17) is 16.9 Å². The van der Waals surface area contributed by atoms with Crippen molar-refractivity contribution in [3.8, 4) is 0 Å². The molecule has 1 rings (SSSR count). The third kappa shape index (κ3) is 47.2. The third-order valence-corrected chi connectivity index (χ3v) is 7.59. The number of nitrogens with two attached hydrogens (primary N) is 3. The SMILES string of the molecule is C/C=C(/S)C=C(CC)CC.C/C=C/CC/C(C)=C/C=N/CN.C=CN.CC.CC[C@@H](N)CC1(C)CCC1.[CH2-]C(=N)C(CNC(C)C)=NC.[K+]. The molecule has 1 aliphatic carbocycles. The number of hydrogen-bond donors (Lipinski definition) is 6. The summed E-state index contributed by atoms with van der Waals surface area (Å²) in [6.07, 6.45) is 24.5. The average molecular weight is 730 g/mol. The van der Waals surface area contributed by atoms with Gasteiger partial charge in [0.05, 0.1) is 6.67 Å². The topological polar surface area (TPSA) is 139 Å². The Morgan fingerprint density at radius 2 is 1.67 bits per heavy atom. The maximum absolute atomic E-state index is 7.21. The Balaban J connectivity index is -0.000000120. The number of allylic oxidation sites excluding steroid dienone is 7. The molecule has 0 spiro atoms. The molecule has 0 aromatic rings. The summed E-state index contributed by atoms with van der Waals surface area (Å²) in [6, 6.07) is 0.872. The Morgan fingerprint density at radius 3 is 2.00 bits per heavy atom. The first-order valence-electron chi connectivity index (χ1n) is 17.9. The summed E-state index contributed by atoms with van der Waals surface area (Å²) >= 11 is 4.26. The van der Waals surface area contributed by atoms with Crippen molar-refractivity contribution in [3.05, 3.63) is 66.1 Å². The number of hydrogen-bond acceptors (Lipinski definition) is 8. The fourth-order valence-electron chi connectivity index (χ4n) is 3.93. The molecule has 8 N–H and O–H groups in total. The van der Waals surface area contributed by atoms with E-state index in [2.05, 4.69) is 114 Å². The van der Waals surface area contributed by atoms with Gasteiger partial charge in [-0.05, 0) is 107 Å². The molecule has 49 heavy (non-hydrogen) atoms. The third-order valence-electron chi connectivity index (χ3n) is 7.20. The van der Waals surface area contributed by atoms with Crippen LogP contribution in [0.25, 0.3) is 0 Å². The second-order valence-corrected chi connectivity index (χ2v) is 12.3. The van der Waals surface area contributed by atoms with Crippen molar-refractivity contribution in [3.63, 3.8) is 0 Å². The van der Waals surface area contributed by atoms with E-state index in [1.807, 2.05) is 39.8 Å². The monoisotopic (exact) mass is 730 g/mol. The van der Waals surface area contributed by atoms with E-state index >= 15 is 0 Å². The molecule has 0 aromatic carbocycles. The van der Waals surface area contributed by atoms with Crippen molar-refractivity contribution >= 4 is 30.3 Å². The summed E-state index contributed by atoms with van der Waals surface area (Å²) in [5.41, 5.74) is 20.1. The van der Waals surface area contributed by atoms with Gasteiger partial charge in [0.15, 0.2) is 0 Å². The Morgan fingerprint density at radius 1 is 1.14 bits per heavy atom. The smallest absolute Gasteiger partial charge is 0.405 e. The minimum atomic E-state index is 0. The van der Waals surface area contributed by atoms with Crippen molar-refractivity contribution in [1.82, 2.24) is 5.32 Å². The van der Waals surface area contributed by atoms with Crippen LogP contribution in [0.2, 0.25) is 0 Å². The molecule has 0 aromatic heterocycles. The number of rotatable bonds is 15. The molecule has 9 heteroatoms. The van der Waals surface area contributed by atoms with Gasteiger partial charge >= 0.3 is 51.4 Å². The molecule has 0 bridgehead atoms. The zero-order valence-corrected chi connectivity index (χ0v) is 38.5. The summed E-state index contributed by atoms with van der Waals surface area (Å²) in [7, 11) is 1.68. The molecule has 1 fully saturated rings. The van der Waals surface area contributed by atoms with Gasteiger partial charge in [0.1, 0.15) is 0 Å². The van der Waals surface area contributed by atoms with E-state index in [1.54, 1.807) is 13.3 Å². The largest absolute Gasteiger partial charge is 1.00 e. The van der Waals surface area contributed by atoms with Gasteiger partial charge in [-0.2, -0.15) is 0 Å². The second kappa shape index (κ2) is 45.3. The molecule has 7 nitrogen and oxygen atoms in total. The fourth-order valence-corrected chi connectivity index (χ4v) is 4.11. The number of nitrogens with one attached hydrogen (secondary N) is 2. The first-order valence-corrected chi connectivity index (χ1v) is 18.3. The van der Waals surface area contributed by atoms with Crippen molar-refractivity contribution < 1.29 is 51.4 Å². The van der Waals surface area contributed by atoms with Crippen molar-refractivity contribution in [2.24, 2.45) is 32.6 Å². The molecule has 0 amide bonds. The van der Waals surface area contributed by atoms with Crippen LogP contribution >= 0.6 is 12.6 Å². The predicted octanol–water partition coefficient (Wildman–Crippen LogP) is 7.17. The van der Waals surface area contributed by atoms with Crippen LogP contribution in [0.3, 0.4) is 0 Å². The molecule has 0 saturated heterocycles. The first-order chi connectivity index (χ1) is 22.7. The zero-order chi connectivity index (χ0) is 38.4. The molecule has 1 saturated carbocycles. The van der Waals surface area contributed by atoms with E-state index in [1.165, 1.54) is 43.0 Å². The zero-order valence-electron chi connectivity index (χ0n) is 34.5. The van der Waals surface area contributed by atoms with Crippen LogP contribution in [0.5, 0.6) is 0 Å². The Bertz CT molecular complexity index is 925. The van der Waals surface area contributed by atoms with Gasteiger partial charge in [-0.3, -0.25) is 4.99 Å². The number of thiol groups is 1. The first kappa shape index (κ1) is 60.3. The van der Waals surface area contributed by atoms with E-state index in [0.717, 1.165) is 42.7 Å². The van der Waals surface area contributed by atoms with Crippen LogP contribution in [0.15, 0.2) is 69.2 Å². The summed E-state index contributed by atoms with van der Waals surface area (Å²) in [6.45, 7) is 30.8. The van der Waals surface area contributed by atoms with Crippen molar-refractivity contribution in [1.29, 1.82) is 5.41 Å². The molecule has 0 unspecified atom stereocenters. The maximum atomic E-state index is 7.21. The van der Waals surface area contributed by atoms with Crippen LogP contribution in [-0.2, 0) is 0 Å². The van der Waals surface area contributed by atoms with Gasteiger partial charge in [-0.15, -0.1) is 12.6 Å². The van der Waals surface area contributed by atoms with Gasteiger partial charge in [0, 0.05) is 19.3 Å². The van der Waals surface area contributed by atoms with Crippen molar-refractivity contribution in [2.75, 3.05) is 20.3 Å². The van der Waals surface area contributed by atoms with E-state index in [-0.39, 0.29) is 51.4 Å². The Labute approximate surface area is 354 Å². The van der Waals surface area contributed by atoms with Crippen LogP contribution < -0.4 is 73.9 Å². The van der Waals surface area contributed by atoms with E-state index in [0.29, 0.717) is 36.4 Å². The molecule has 1 atom stereocenters. The van der Waals surface area contributed by atoms with Gasteiger partial charge in [-0.25, -0.2) is 6.92 Å². The molecule has 0 heterocycles. The summed E-state index contributed by atoms with van der Waals surface area (Å²) in [4.78, 5) is 8.89. The molecule has 1 aliphatic rings.